The number of ether oxygens (including phenoxy) is 5. The van der Waals surface area contributed by atoms with Gasteiger partial charge in [0.25, 0.3) is 0 Å². The molecule has 14 nitrogen and oxygen atoms in total. The van der Waals surface area contributed by atoms with Crippen LogP contribution in [0.4, 0.5) is 0 Å². The summed E-state index contributed by atoms with van der Waals surface area (Å²) in [5.74, 6) is -3.72. The molecule has 5 N–H and O–H groups in total. The number of hydrogen-bond donors (Lipinski definition) is 5. The van der Waals surface area contributed by atoms with Crippen molar-refractivity contribution in [1.29, 1.82) is 0 Å². The maximum Gasteiger partial charge on any atom is 0.231 e. The Kier molecular flexibility index (Phi) is 6.53. The summed E-state index contributed by atoms with van der Waals surface area (Å²) in [5, 5.41) is 52.0. The minimum atomic E-state index is -0.760. The molecule has 6 rings (SSSR count). The summed E-state index contributed by atoms with van der Waals surface area (Å²) in [7, 11) is 3.77. The van der Waals surface area contributed by atoms with Gasteiger partial charge in [-0.2, -0.15) is 0 Å². The van der Waals surface area contributed by atoms with Crippen LogP contribution >= 0.6 is 0 Å². The summed E-state index contributed by atoms with van der Waals surface area (Å²) >= 11 is 0. The van der Waals surface area contributed by atoms with E-state index in [-0.39, 0.29) is 78.4 Å². The number of benzene rings is 4. The number of methoxy groups -OCH3 is 3. The normalized spacial score (nSPS) is 11.3. The summed E-state index contributed by atoms with van der Waals surface area (Å²) < 4.78 is 38.1. The summed E-state index contributed by atoms with van der Waals surface area (Å²) in [6, 6.07) is 7.33. The van der Waals surface area contributed by atoms with E-state index in [0.29, 0.717) is 0 Å². The lowest BCUT2D eigenvalue weighted by Gasteiger charge is -2.16. The van der Waals surface area contributed by atoms with Gasteiger partial charge in [0.05, 0.1) is 32.1 Å². The summed E-state index contributed by atoms with van der Waals surface area (Å²) in [6.45, 7) is -0.712. The van der Waals surface area contributed by atoms with Crippen LogP contribution in [0.2, 0.25) is 0 Å². The molecule has 0 amide bonds. The molecule has 0 aliphatic heterocycles. The highest BCUT2D eigenvalue weighted by atomic mass is 16.7. The lowest BCUT2D eigenvalue weighted by Crippen LogP contribution is -2.09. The Morgan fingerprint density at radius 2 is 1.07 bits per heavy atom. The minimum Gasteiger partial charge on any atom is -0.504 e. The lowest BCUT2D eigenvalue weighted by molar-refractivity contribution is 0.109. The quantitative estimate of drug-likeness (QED) is 0.128. The van der Waals surface area contributed by atoms with E-state index in [9.17, 15) is 35.1 Å². The van der Waals surface area contributed by atoms with E-state index < -0.39 is 40.6 Å². The third-order valence-corrected chi connectivity index (χ3v) is 6.96. The molecule has 44 heavy (non-hydrogen) atoms. The zero-order chi connectivity index (χ0) is 31.4. The summed E-state index contributed by atoms with van der Waals surface area (Å²) in [6.07, 6.45) is 0. The second-order valence-corrected chi connectivity index (χ2v) is 9.33. The van der Waals surface area contributed by atoms with Gasteiger partial charge in [-0.1, -0.05) is 0 Å². The molecular weight excluding hydrogens is 584 g/mol. The third-order valence-electron chi connectivity index (χ3n) is 6.96. The molecule has 0 fully saturated rings. The SMILES string of the molecule is COc1c(OCOc2c(O)cc3oc4c(OC)c(O)ccc4c(=O)c3c2O)cc2oc3c(OC)c(O)ccc3c(=O)c2c1O. The Morgan fingerprint density at radius 3 is 1.57 bits per heavy atom. The van der Waals surface area contributed by atoms with E-state index in [1.54, 1.807) is 0 Å². The molecule has 14 heteroatoms. The smallest absolute Gasteiger partial charge is 0.231 e. The molecule has 0 radical (unpaired) electrons. The van der Waals surface area contributed by atoms with Gasteiger partial charge in [-0.05, 0) is 24.3 Å². The van der Waals surface area contributed by atoms with E-state index in [2.05, 4.69) is 0 Å². The fourth-order valence-electron chi connectivity index (χ4n) is 4.96. The highest BCUT2D eigenvalue weighted by Crippen LogP contribution is 2.46. The van der Waals surface area contributed by atoms with Crippen molar-refractivity contribution in [3.63, 3.8) is 0 Å². The first-order valence-electron chi connectivity index (χ1n) is 12.6. The van der Waals surface area contributed by atoms with Crippen LogP contribution in [-0.4, -0.2) is 53.7 Å². The maximum atomic E-state index is 13.2. The van der Waals surface area contributed by atoms with Crippen LogP contribution in [0.25, 0.3) is 43.9 Å². The molecule has 2 heterocycles. The van der Waals surface area contributed by atoms with E-state index >= 15 is 0 Å². The van der Waals surface area contributed by atoms with Gasteiger partial charge < -0.3 is 58.1 Å². The molecule has 0 bridgehead atoms. The molecule has 226 valence electrons. The third kappa shape index (κ3) is 4.03. The highest BCUT2D eigenvalue weighted by molar-refractivity contribution is 5.99. The van der Waals surface area contributed by atoms with Gasteiger partial charge in [-0.3, -0.25) is 9.59 Å². The van der Waals surface area contributed by atoms with E-state index in [4.69, 9.17) is 32.5 Å². The Hall–Kier alpha value is -6.18. The fourth-order valence-corrected chi connectivity index (χ4v) is 4.96. The zero-order valence-electron chi connectivity index (χ0n) is 23.1. The molecular formula is C30H22O14. The molecule has 6 aromatic rings. The molecule has 0 saturated carbocycles. The van der Waals surface area contributed by atoms with E-state index in [1.807, 2.05) is 0 Å². The molecule has 2 aromatic heterocycles. The number of rotatable bonds is 7. The van der Waals surface area contributed by atoms with Crippen molar-refractivity contribution in [2.24, 2.45) is 0 Å². The van der Waals surface area contributed by atoms with Crippen molar-refractivity contribution < 1.29 is 58.1 Å². The predicted octanol–water partition coefficient (Wildman–Crippen LogP) is 4.17. The van der Waals surface area contributed by atoms with Crippen LogP contribution in [0.1, 0.15) is 0 Å². The Bertz CT molecular complexity index is 2260. The Morgan fingerprint density at radius 1 is 0.591 bits per heavy atom. The van der Waals surface area contributed by atoms with Gasteiger partial charge in [0.15, 0.2) is 45.7 Å². The summed E-state index contributed by atoms with van der Waals surface area (Å²) in [5.41, 5.74) is -1.89. The largest absolute Gasteiger partial charge is 0.504 e. The zero-order valence-corrected chi connectivity index (χ0v) is 23.1. The average molecular weight is 606 g/mol. The first-order valence-corrected chi connectivity index (χ1v) is 12.6. The topological polar surface area (TPSA) is 208 Å². The van der Waals surface area contributed by atoms with Crippen molar-refractivity contribution in [3.05, 3.63) is 56.8 Å². The van der Waals surface area contributed by atoms with Crippen LogP contribution in [-0.2, 0) is 0 Å². The number of phenols is 5. The van der Waals surface area contributed by atoms with Crippen LogP contribution in [0.15, 0.2) is 54.8 Å². The van der Waals surface area contributed by atoms with Gasteiger partial charge in [0, 0.05) is 12.1 Å². The van der Waals surface area contributed by atoms with Crippen molar-refractivity contribution in [3.8, 4) is 57.5 Å². The molecule has 4 aromatic carbocycles. The standard InChI is InChI=1S/C30H22O14/c1-38-28-13(31)6-4-11-21(34)19-16(43-25(11)28)8-15(33)27(23(19)36)42-10-41-18-9-17-20(24(37)30(18)40-3)22(35)12-5-7-14(32)29(39-2)26(12)44-17/h4-9,31-33,36-37H,10H2,1-3H3. The van der Waals surface area contributed by atoms with Gasteiger partial charge >= 0.3 is 0 Å². The fraction of sp³-hybridized carbons (Fsp3) is 0.133. The van der Waals surface area contributed by atoms with Crippen LogP contribution < -0.4 is 34.5 Å². The first-order chi connectivity index (χ1) is 21.1. The van der Waals surface area contributed by atoms with E-state index in [0.717, 1.165) is 6.07 Å². The van der Waals surface area contributed by atoms with Crippen LogP contribution in [0.3, 0.4) is 0 Å². The molecule has 0 spiro atoms. The van der Waals surface area contributed by atoms with Gasteiger partial charge in [0.1, 0.15) is 21.9 Å². The predicted molar refractivity (Wildman–Crippen MR) is 154 cm³/mol. The second-order valence-electron chi connectivity index (χ2n) is 9.33. The number of phenolic OH excluding ortho intramolecular Hbond substituents is 5. The van der Waals surface area contributed by atoms with Crippen molar-refractivity contribution in [2.45, 2.75) is 0 Å². The van der Waals surface area contributed by atoms with Crippen LogP contribution in [0, 0.1) is 0 Å². The monoisotopic (exact) mass is 606 g/mol. The van der Waals surface area contributed by atoms with Gasteiger partial charge in [-0.15, -0.1) is 0 Å². The highest BCUT2D eigenvalue weighted by Gasteiger charge is 2.25. The molecule has 0 aliphatic carbocycles. The molecule has 0 unspecified atom stereocenters. The van der Waals surface area contributed by atoms with E-state index in [1.165, 1.54) is 51.7 Å². The molecule has 0 aliphatic rings. The maximum absolute atomic E-state index is 13.2. The Balaban J connectivity index is 1.40. The van der Waals surface area contributed by atoms with Gasteiger partial charge in [-0.25, -0.2) is 0 Å². The molecule has 0 atom stereocenters. The second kappa shape index (κ2) is 10.3. The Labute approximate surface area is 244 Å². The van der Waals surface area contributed by atoms with Gasteiger partial charge in [0.2, 0.25) is 40.6 Å². The van der Waals surface area contributed by atoms with Crippen molar-refractivity contribution in [1.82, 2.24) is 0 Å². The average Bonchev–Trinajstić information content (AvgIpc) is 2.98. The minimum absolute atomic E-state index is 0.0225. The van der Waals surface area contributed by atoms with Crippen molar-refractivity contribution >= 4 is 43.9 Å². The summed E-state index contributed by atoms with van der Waals surface area (Å²) in [4.78, 5) is 26.5. The van der Waals surface area contributed by atoms with Crippen LogP contribution in [0.5, 0.6) is 57.5 Å². The molecule has 0 saturated heterocycles. The number of fused-ring (bicyclic) bond motifs is 4. The number of hydrogen-bond acceptors (Lipinski definition) is 14. The lowest BCUT2D eigenvalue weighted by atomic mass is 10.1. The number of aromatic hydroxyl groups is 5. The first kappa shape index (κ1) is 28.0. The van der Waals surface area contributed by atoms with Crippen molar-refractivity contribution in [2.75, 3.05) is 28.1 Å².